The van der Waals surface area contributed by atoms with E-state index < -0.39 is 0 Å². The van der Waals surface area contributed by atoms with Gasteiger partial charge in [0.05, 0.1) is 0 Å². The van der Waals surface area contributed by atoms with Gasteiger partial charge < -0.3 is 10.6 Å². The molecule has 0 spiro atoms. The molecule has 1 aromatic rings. The predicted octanol–water partition coefficient (Wildman–Crippen LogP) is -2.83. The lowest BCUT2D eigenvalue weighted by atomic mass is 10.2. The van der Waals surface area contributed by atoms with Crippen molar-refractivity contribution in [1.29, 1.82) is 0 Å². The highest BCUT2D eigenvalue weighted by Gasteiger charge is 2.22. The third kappa shape index (κ3) is 3.02. The number of piperazine rings is 1. The standard InChI is InChI=1S/C12H19N3/c13-11-15-8-6-14(7-9-15)10-12-4-2-1-3-5-12/h1-5H,6-11,13H2/p+3. The van der Waals surface area contributed by atoms with Gasteiger partial charge in [-0.3, -0.25) is 4.90 Å². The molecule has 0 saturated carbocycles. The molecule has 1 aromatic carbocycles. The van der Waals surface area contributed by atoms with E-state index in [-0.39, 0.29) is 0 Å². The van der Waals surface area contributed by atoms with E-state index in [0.29, 0.717) is 0 Å². The van der Waals surface area contributed by atoms with Crippen LogP contribution in [0.25, 0.3) is 0 Å². The van der Waals surface area contributed by atoms with Crippen LogP contribution in [0, 0.1) is 0 Å². The van der Waals surface area contributed by atoms with Crippen molar-refractivity contribution in [3.63, 3.8) is 0 Å². The first-order valence-corrected chi connectivity index (χ1v) is 5.89. The van der Waals surface area contributed by atoms with Gasteiger partial charge in [0.2, 0.25) is 6.67 Å². The molecule has 1 aliphatic heterocycles. The minimum Gasteiger partial charge on any atom is -0.322 e. The summed E-state index contributed by atoms with van der Waals surface area (Å²) in [6.07, 6.45) is 0. The molecule has 1 fully saturated rings. The lowest BCUT2D eigenvalue weighted by Crippen LogP contribution is -3.29. The monoisotopic (exact) mass is 208 g/mol. The minimum absolute atomic E-state index is 1.04. The van der Waals surface area contributed by atoms with Gasteiger partial charge in [-0.15, -0.1) is 0 Å². The highest BCUT2D eigenvalue weighted by atomic mass is 15.3. The van der Waals surface area contributed by atoms with E-state index in [1.165, 1.54) is 38.3 Å². The molecule has 0 aromatic heterocycles. The van der Waals surface area contributed by atoms with Crippen molar-refractivity contribution >= 4 is 0 Å². The first kappa shape index (κ1) is 10.6. The Balaban J connectivity index is 1.82. The minimum atomic E-state index is 1.04. The topological polar surface area (TPSA) is 36.5 Å². The van der Waals surface area contributed by atoms with Gasteiger partial charge in [-0.2, -0.15) is 0 Å². The summed E-state index contributed by atoms with van der Waals surface area (Å²) in [4.78, 5) is 3.38. The van der Waals surface area contributed by atoms with Gasteiger partial charge in [0.1, 0.15) is 32.7 Å². The summed E-state index contributed by atoms with van der Waals surface area (Å²) in [6.45, 7) is 7.38. The third-order valence-corrected chi connectivity index (χ3v) is 3.31. The average Bonchev–Trinajstić information content (AvgIpc) is 2.31. The molecule has 82 valence electrons. The van der Waals surface area contributed by atoms with Crippen LogP contribution >= 0.6 is 0 Å². The Morgan fingerprint density at radius 2 is 1.53 bits per heavy atom. The van der Waals surface area contributed by atoms with Gasteiger partial charge in [0.25, 0.3) is 0 Å². The smallest absolute Gasteiger partial charge is 0.201 e. The molecule has 0 bridgehead atoms. The molecule has 1 aliphatic rings. The molecule has 0 atom stereocenters. The number of quaternary nitrogens is 3. The zero-order chi connectivity index (χ0) is 10.5. The molecular weight excluding hydrogens is 186 g/mol. The van der Waals surface area contributed by atoms with E-state index in [2.05, 4.69) is 36.1 Å². The second-order valence-corrected chi connectivity index (χ2v) is 4.41. The Kier molecular flexibility index (Phi) is 3.72. The zero-order valence-electron chi connectivity index (χ0n) is 9.34. The largest absolute Gasteiger partial charge is 0.322 e. The molecule has 0 aliphatic carbocycles. The van der Waals surface area contributed by atoms with E-state index in [4.69, 9.17) is 0 Å². The Hall–Kier alpha value is -0.900. The fourth-order valence-electron chi connectivity index (χ4n) is 2.27. The quantitative estimate of drug-likeness (QED) is 0.479. The molecule has 0 radical (unpaired) electrons. The highest BCUT2D eigenvalue weighted by molar-refractivity contribution is 5.13. The second-order valence-electron chi connectivity index (χ2n) is 4.41. The van der Waals surface area contributed by atoms with Gasteiger partial charge in [-0.05, 0) is 0 Å². The van der Waals surface area contributed by atoms with Gasteiger partial charge >= 0.3 is 0 Å². The molecule has 3 heteroatoms. The fraction of sp³-hybridized carbons (Fsp3) is 0.500. The van der Waals surface area contributed by atoms with Crippen molar-refractivity contribution in [2.75, 3.05) is 32.8 Å². The van der Waals surface area contributed by atoms with Crippen molar-refractivity contribution in [2.45, 2.75) is 6.54 Å². The third-order valence-electron chi connectivity index (χ3n) is 3.31. The molecule has 15 heavy (non-hydrogen) atoms. The molecule has 1 saturated heterocycles. The van der Waals surface area contributed by atoms with Crippen LogP contribution in [0.4, 0.5) is 0 Å². The van der Waals surface area contributed by atoms with E-state index >= 15 is 0 Å². The summed E-state index contributed by atoms with van der Waals surface area (Å²) in [6, 6.07) is 10.8. The molecule has 2 rings (SSSR count). The van der Waals surface area contributed by atoms with Crippen LogP contribution < -0.4 is 15.5 Å². The number of hydrogen-bond acceptors (Lipinski definition) is 0. The van der Waals surface area contributed by atoms with Crippen LogP contribution in [0.5, 0.6) is 0 Å². The maximum absolute atomic E-state index is 3.97. The predicted molar refractivity (Wildman–Crippen MR) is 59.3 cm³/mol. The second kappa shape index (κ2) is 5.26. The Labute approximate surface area is 91.5 Å². The van der Waals surface area contributed by atoms with E-state index in [1.54, 1.807) is 9.80 Å². The maximum atomic E-state index is 3.97. The lowest BCUT2D eigenvalue weighted by Gasteiger charge is -2.27. The summed E-state index contributed by atoms with van der Waals surface area (Å²) in [5.74, 6) is 0. The summed E-state index contributed by atoms with van der Waals surface area (Å²) in [5.41, 5.74) is 5.44. The molecular formula is C12H22N3+3. The van der Waals surface area contributed by atoms with Crippen molar-refractivity contribution in [3.8, 4) is 0 Å². The van der Waals surface area contributed by atoms with Crippen LogP contribution in [-0.4, -0.2) is 32.8 Å². The van der Waals surface area contributed by atoms with Gasteiger partial charge in [0.15, 0.2) is 0 Å². The van der Waals surface area contributed by atoms with Crippen molar-refractivity contribution in [1.82, 2.24) is 0 Å². The molecule has 5 N–H and O–H groups in total. The van der Waals surface area contributed by atoms with Gasteiger partial charge in [-0.1, -0.05) is 30.3 Å². The number of hydrogen-bond donors (Lipinski definition) is 3. The van der Waals surface area contributed by atoms with Crippen molar-refractivity contribution in [3.05, 3.63) is 35.9 Å². The maximum Gasteiger partial charge on any atom is 0.201 e. The number of rotatable bonds is 3. The molecule has 3 nitrogen and oxygen atoms in total. The van der Waals surface area contributed by atoms with Gasteiger partial charge in [0, 0.05) is 5.56 Å². The number of nitrogens with one attached hydrogen (secondary N) is 2. The van der Waals surface area contributed by atoms with Gasteiger partial charge in [-0.25, -0.2) is 0 Å². The summed E-state index contributed by atoms with van der Waals surface area (Å²) in [7, 11) is 0. The normalized spacial score (nSPS) is 26.5. The Morgan fingerprint density at radius 3 is 2.13 bits per heavy atom. The summed E-state index contributed by atoms with van der Waals surface area (Å²) >= 11 is 0. The summed E-state index contributed by atoms with van der Waals surface area (Å²) < 4.78 is 0. The van der Waals surface area contributed by atoms with Crippen LogP contribution in [-0.2, 0) is 6.54 Å². The lowest BCUT2D eigenvalue weighted by molar-refractivity contribution is -1.04. The van der Waals surface area contributed by atoms with E-state index in [0.717, 1.165) is 6.67 Å². The van der Waals surface area contributed by atoms with Crippen LogP contribution in [0.1, 0.15) is 5.56 Å². The Morgan fingerprint density at radius 1 is 0.933 bits per heavy atom. The molecule has 0 unspecified atom stereocenters. The molecule has 1 heterocycles. The van der Waals surface area contributed by atoms with Crippen molar-refractivity contribution < 1.29 is 15.5 Å². The van der Waals surface area contributed by atoms with Crippen LogP contribution in [0.15, 0.2) is 30.3 Å². The van der Waals surface area contributed by atoms with Crippen LogP contribution in [0.2, 0.25) is 0 Å². The number of benzene rings is 1. The first-order chi connectivity index (χ1) is 7.38. The Bertz CT molecular complexity index is 278. The van der Waals surface area contributed by atoms with E-state index in [1.807, 2.05) is 0 Å². The highest BCUT2D eigenvalue weighted by Crippen LogP contribution is 1.94. The van der Waals surface area contributed by atoms with E-state index in [9.17, 15) is 0 Å². The fourth-order valence-corrected chi connectivity index (χ4v) is 2.27. The molecule has 0 amide bonds. The van der Waals surface area contributed by atoms with Crippen molar-refractivity contribution in [2.24, 2.45) is 0 Å². The summed E-state index contributed by atoms with van der Waals surface area (Å²) in [5, 5.41) is 0. The van der Waals surface area contributed by atoms with Crippen LogP contribution in [0.3, 0.4) is 0 Å². The average molecular weight is 208 g/mol. The SMILES string of the molecule is [NH3+]C[NH+]1CC[NH+](Cc2ccccc2)CC1. The first-order valence-electron chi connectivity index (χ1n) is 5.89. The zero-order valence-corrected chi connectivity index (χ0v) is 9.34.